The highest BCUT2D eigenvalue weighted by Gasteiger charge is 2.35. The molecule has 2 aromatic carbocycles. The van der Waals surface area contributed by atoms with Gasteiger partial charge in [0.2, 0.25) is 5.91 Å². The normalized spacial score (nSPS) is 18.5. The first-order chi connectivity index (χ1) is 18.4. The van der Waals surface area contributed by atoms with Crippen molar-refractivity contribution >= 4 is 23.5 Å². The summed E-state index contributed by atoms with van der Waals surface area (Å²) < 4.78 is 5.75. The van der Waals surface area contributed by atoms with Crippen LogP contribution in [0.15, 0.2) is 48.5 Å². The first-order valence-electron chi connectivity index (χ1n) is 13.5. The van der Waals surface area contributed by atoms with Crippen LogP contribution in [0.4, 0.5) is 5.69 Å². The molecule has 9 nitrogen and oxygen atoms in total. The topological polar surface area (TPSA) is 119 Å². The van der Waals surface area contributed by atoms with Crippen LogP contribution in [0.2, 0.25) is 0 Å². The fourth-order valence-electron chi connectivity index (χ4n) is 5.27. The second-order valence-corrected chi connectivity index (χ2v) is 10.0. The second kappa shape index (κ2) is 13.4. The molecule has 1 unspecified atom stereocenters. The molecule has 0 saturated carbocycles. The Labute approximate surface area is 223 Å². The molecule has 0 radical (unpaired) electrons. The number of hydrogen-bond acceptors (Lipinski definition) is 6. The lowest BCUT2D eigenvalue weighted by Crippen LogP contribution is -2.54. The highest BCUT2D eigenvalue weighted by molar-refractivity contribution is 6.02. The summed E-state index contributed by atoms with van der Waals surface area (Å²) in [7, 11) is 0. The van der Waals surface area contributed by atoms with Crippen molar-refractivity contribution in [1.82, 2.24) is 10.2 Å². The van der Waals surface area contributed by atoms with Gasteiger partial charge in [-0.3, -0.25) is 24.6 Å². The highest BCUT2D eigenvalue weighted by atomic mass is 16.5. The van der Waals surface area contributed by atoms with Crippen LogP contribution in [0.3, 0.4) is 0 Å². The highest BCUT2D eigenvalue weighted by Crippen LogP contribution is 2.31. The summed E-state index contributed by atoms with van der Waals surface area (Å²) in [6, 6.07) is 13.5. The number of rotatable bonds is 12. The van der Waals surface area contributed by atoms with Crippen LogP contribution in [-0.2, 0) is 27.2 Å². The van der Waals surface area contributed by atoms with Gasteiger partial charge in [-0.05, 0) is 55.5 Å². The van der Waals surface area contributed by atoms with E-state index in [-0.39, 0.29) is 6.61 Å². The molecule has 2 atom stereocenters. The van der Waals surface area contributed by atoms with Crippen molar-refractivity contribution in [2.45, 2.75) is 57.0 Å². The maximum absolute atomic E-state index is 13.2. The Balaban J connectivity index is 1.22. The maximum atomic E-state index is 13.2. The Morgan fingerprint density at radius 3 is 2.29 bits per heavy atom. The molecule has 0 bridgehead atoms. The molecule has 2 heterocycles. The zero-order chi connectivity index (χ0) is 26.9. The van der Waals surface area contributed by atoms with Crippen LogP contribution in [0, 0.1) is 0 Å². The number of aliphatic carboxylic acids is 2. The monoisotopic (exact) mass is 523 g/mol. The maximum Gasteiger partial charge on any atom is 0.323 e. The van der Waals surface area contributed by atoms with E-state index in [1.807, 2.05) is 0 Å². The number of carboxylic acid groups (broad SMARTS) is 2. The minimum atomic E-state index is -1.16. The minimum Gasteiger partial charge on any atom is -0.489 e. The number of fused-ring (bicyclic) bond motifs is 2. The molecule has 0 fully saturated rings. The summed E-state index contributed by atoms with van der Waals surface area (Å²) >= 11 is 0. The summed E-state index contributed by atoms with van der Waals surface area (Å²) in [6.07, 6.45) is 6.26. The average Bonchev–Trinajstić information content (AvgIpc) is 3.19. The standard InChI is InChI=1S/C29H37N3O6/c33-27(34)19-32-25-12-6-7-13-26(25)38-20-24(28(32)35)30-23(29(36)37)11-3-1-2-8-16-31-17-14-21-9-4-5-10-22(21)15-18-31/h4-7,9-10,12-13,23-24,30H,1-3,8,11,14-20H2,(H,33,34)(H,36,37)/t23?,24-/m0/s1. The number of amides is 1. The number of carbonyl (C=O) groups excluding carboxylic acids is 1. The number of carbonyl (C=O) groups is 3. The third-order valence-electron chi connectivity index (χ3n) is 7.35. The molecule has 0 spiro atoms. The summed E-state index contributed by atoms with van der Waals surface area (Å²) in [5.41, 5.74) is 3.27. The number of nitrogens with zero attached hydrogens (tertiary/aromatic N) is 2. The summed E-state index contributed by atoms with van der Waals surface area (Å²) in [6.45, 7) is 2.58. The van der Waals surface area contributed by atoms with E-state index in [0.717, 1.165) is 63.1 Å². The SMILES string of the molecule is O=C(O)CN1C(=O)[C@@H](NC(CCCCCCN2CCc3ccccc3CC2)C(=O)O)COc2ccccc21. The van der Waals surface area contributed by atoms with Gasteiger partial charge in [-0.15, -0.1) is 0 Å². The molecule has 2 aromatic rings. The number of carboxylic acids is 2. The van der Waals surface area contributed by atoms with Crippen LogP contribution in [0.1, 0.15) is 43.2 Å². The third kappa shape index (κ3) is 7.33. The van der Waals surface area contributed by atoms with E-state index in [9.17, 15) is 24.6 Å². The number of nitrogens with one attached hydrogen (secondary N) is 1. The first kappa shape index (κ1) is 27.6. The van der Waals surface area contributed by atoms with E-state index in [1.54, 1.807) is 24.3 Å². The predicted octanol–water partition coefficient (Wildman–Crippen LogP) is 2.96. The number of para-hydroxylation sites is 2. The molecule has 38 heavy (non-hydrogen) atoms. The largest absolute Gasteiger partial charge is 0.489 e. The molecule has 0 saturated heterocycles. The molecule has 4 rings (SSSR count). The fourth-order valence-corrected chi connectivity index (χ4v) is 5.27. The molecule has 0 aliphatic carbocycles. The van der Waals surface area contributed by atoms with Crippen LogP contribution >= 0.6 is 0 Å². The van der Waals surface area contributed by atoms with Crippen LogP contribution in [0.5, 0.6) is 5.75 Å². The smallest absolute Gasteiger partial charge is 0.323 e. The molecule has 3 N–H and O–H groups in total. The van der Waals surface area contributed by atoms with Gasteiger partial charge in [-0.2, -0.15) is 0 Å². The van der Waals surface area contributed by atoms with Crippen molar-refractivity contribution in [3.8, 4) is 5.75 Å². The zero-order valence-corrected chi connectivity index (χ0v) is 21.7. The van der Waals surface area contributed by atoms with Crippen LogP contribution in [0.25, 0.3) is 0 Å². The van der Waals surface area contributed by atoms with Crippen LogP contribution in [-0.4, -0.2) is 77.8 Å². The zero-order valence-electron chi connectivity index (χ0n) is 21.7. The first-order valence-corrected chi connectivity index (χ1v) is 13.5. The van der Waals surface area contributed by atoms with Gasteiger partial charge in [0.1, 0.15) is 31.0 Å². The van der Waals surface area contributed by atoms with Crippen molar-refractivity contribution in [3.63, 3.8) is 0 Å². The van der Waals surface area contributed by atoms with Gasteiger partial charge in [-0.25, -0.2) is 0 Å². The third-order valence-corrected chi connectivity index (χ3v) is 7.35. The van der Waals surface area contributed by atoms with E-state index in [1.165, 1.54) is 11.1 Å². The lowest BCUT2D eigenvalue weighted by atomic mass is 10.0. The van der Waals surface area contributed by atoms with E-state index in [0.29, 0.717) is 17.9 Å². The molecule has 2 aliphatic heterocycles. The number of unbranched alkanes of at least 4 members (excludes halogenated alkanes) is 3. The van der Waals surface area contributed by atoms with Crippen LogP contribution < -0.4 is 15.0 Å². The van der Waals surface area contributed by atoms with Gasteiger partial charge < -0.3 is 19.8 Å². The molecule has 0 aromatic heterocycles. The number of benzene rings is 2. The Kier molecular flexibility index (Phi) is 9.73. The van der Waals surface area contributed by atoms with Gasteiger partial charge in [0.15, 0.2) is 0 Å². The van der Waals surface area contributed by atoms with E-state index in [2.05, 4.69) is 34.5 Å². The van der Waals surface area contributed by atoms with Gasteiger partial charge in [-0.1, -0.05) is 55.7 Å². The molecule has 204 valence electrons. The lowest BCUT2D eigenvalue weighted by molar-refractivity contribution is -0.141. The summed E-state index contributed by atoms with van der Waals surface area (Å²) in [5, 5.41) is 22.0. The van der Waals surface area contributed by atoms with Crippen molar-refractivity contribution in [1.29, 1.82) is 0 Å². The van der Waals surface area contributed by atoms with E-state index < -0.39 is 36.5 Å². The number of ether oxygens (including phenoxy) is 1. The van der Waals surface area contributed by atoms with E-state index in [4.69, 9.17) is 4.74 Å². The Bertz CT molecular complexity index is 1100. The van der Waals surface area contributed by atoms with Crippen molar-refractivity contribution in [2.75, 3.05) is 37.7 Å². The molecule has 1 amide bonds. The van der Waals surface area contributed by atoms with Gasteiger partial charge in [0.25, 0.3) is 0 Å². The van der Waals surface area contributed by atoms with E-state index >= 15 is 0 Å². The molecular weight excluding hydrogens is 486 g/mol. The van der Waals surface area contributed by atoms with Gasteiger partial charge in [0.05, 0.1) is 5.69 Å². The number of anilines is 1. The summed E-state index contributed by atoms with van der Waals surface area (Å²) in [5.74, 6) is -2.31. The molecular formula is C29H37N3O6. The minimum absolute atomic E-state index is 0.0740. The Morgan fingerprint density at radius 1 is 0.947 bits per heavy atom. The van der Waals surface area contributed by atoms with Crippen molar-refractivity contribution in [2.24, 2.45) is 0 Å². The van der Waals surface area contributed by atoms with Crippen molar-refractivity contribution in [3.05, 3.63) is 59.7 Å². The average molecular weight is 524 g/mol. The van der Waals surface area contributed by atoms with Crippen molar-refractivity contribution < 1.29 is 29.3 Å². The van der Waals surface area contributed by atoms with Gasteiger partial charge >= 0.3 is 11.9 Å². The lowest BCUT2D eigenvalue weighted by Gasteiger charge is -2.25. The fraction of sp³-hybridized carbons (Fsp3) is 0.483. The molecule has 9 heteroatoms. The second-order valence-electron chi connectivity index (χ2n) is 10.0. The molecule has 2 aliphatic rings. The quantitative estimate of drug-likeness (QED) is 0.364. The Morgan fingerprint density at radius 2 is 1.61 bits per heavy atom. The summed E-state index contributed by atoms with van der Waals surface area (Å²) in [4.78, 5) is 40.2. The number of hydrogen-bond donors (Lipinski definition) is 3. The Hall–Kier alpha value is -3.43. The predicted molar refractivity (Wildman–Crippen MR) is 144 cm³/mol. The van der Waals surface area contributed by atoms with Gasteiger partial charge in [0, 0.05) is 13.1 Å².